The average Bonchev–Trinajstić information content (AvgIpc) is 2.78. The monoisotopic (exact) mass is 426 g/mol. The molecule has 7 nitrogen and oxygen atoms in total. The molecule has 7 heteroatoms. The van der Waals surface area contributed by atoms with Crippen molar-refractivity contribution in [1.29, 1.82) is 5.26 Å². The molecule has 0 spiro atoms. The van der Waals surface area contributed by atoms with Gasteiger partial charge in [0.1, 0.15) is 11.8 Å². The zero-order valence-corrected chi connectivity index (χ0v) is 18.6. The molecule has 0 radical (unpaired) electrons. The molecule has 1 aliphatic carbocycles. The predicted octanol–water partition coefficient (Wildman–Crippen LogP) is 3.58. The van der Waals surface area contributed by atoms with E-state index in [1.165, 1.54) is 19.3 Å². The SMILES string of the molecule is CC(C)C(Oc1ccccc1C#N)C(=O)N1CCC(NC(=O)NC2CCCCC2)CC1. The summed E-state index contributed by atoms with van der Waals surface area (Å²) >= 11 is 0. The summed E-state index contributed by atoms with van der Waals surface area (Å²) in [7, 11) is 0. The Kier molecular flexibility index (Phi) is 8.16. The quantitative estimate of drug-likeness (QED) is 0.727. The molecule has 1 heterocycles. The Morgan fingerprint density at radius 2 is 1.65 bits per heavy atom. The summed E-state index contributed by atoms with van der Waals surface area (Å²) in [6.07, 6.45) is 6.56. The Morgan fingerprint density at radius 1 is 1.03 bits per heavy atom. The lowest BCUT2D eigenvalue weighted by molar-refractivity contribution is -0.141. The molecule has 1 aromatic carbocycles. The molecule has 3 rings (SSSR count). The van der Waals surface area contributed by atoms with E-state index in [2.05, 4.69) is 16.7 Å². The second kappa shape index (κ2) is 11.0. The van der Waals surface area contributed by atoms with Crippen molar-refractivity contribution in [2.45, 2.75) is 77.0 Å². The van der Waals surface area contributed by atoms with E-state index in [0.29, 0.717) is 24.4 Å². The van der Waals surface area contributed by atoms with Crippen LogP contribution in [0.15, 0.2) is 24.3 Å². The van der Waals surface area contributed by atoms with Gasteiger partial charge >= 0.3 is 6.03 Å². The number of nitrogens with zero attached hydrogens (tertiary/aromatic N) is 2. The number of carbonyl (C=O) groups excluding carboxylic acids is 2. The fourth-order valence-electron chi connectivity index (χ4n) is 4.35. The molecule has 0 bridgehead atoms. The number of hydrogen-bond donors (Lipinski definition) is 2. The van der Waals surface area contributed by atoms with Crippen molar-refractivity contribution in [3.63, 3.8) is 0 Å². The molecule has 2 fully saturated rings. The number of ether oxygens (including phenoxy) is 1. The number of nitrogens with one attached hydrogen (secondary N) is 2. The summed E-state index contributed by atoms with van der Waals surface area (Å²) in [6, 6.07) is 9.38. The third-order valence-corrected chi connectivity index (χ3v) is 6.19. The lowest BCUT2D eigenvalue weighted by Gasteiger charge is -2.35. The maximum Gasteiger partial charge on any atom is 0.315 e. The molecule has 0 aromatic heterocycles. The average molecular weight is 427 g/mol. The van der Waals surface area contributed by atoms with Gasteiger partial charge in [0.25, 0.3) is 5.91 Å². The van der Waals surface area contributed by atoms with E-state index in [1.54, 1.807) is 24.3 Å². The van der Waals surface area contributed by atoms with E-state index in [4.69, 9.17) is 4.74 Å². The summed E-state index contributed by atoms with van der Waals surface area (Å²) in [5.41, 5.74) is 0.424. The van der Waals surface area contributed by atoms with Crippen LogP contribution in [0.5, 0.6) is 5.75 Å². The van der Waals surface area contributed by atoms with Crippen molar-refractivity contribution in [3.05, 3.63) is 29.8 Å². The lowest BCUT2D eigenvalue weighted by atomic mass is 9.96. The minimum atomic E-state index is -0.645. The summed E-state index contributed by atoms with van der Waals surface area (Å²) in [5.74, 6) is 0.345. The van der Waals surface area contributed by atoms with Crippen LogP contribution in [0.4, 0.5) is 4.79 Å². The Labute approximate surface area is 185 Å². The highest BCUT2D eigenvalue weighted by molar-refractivity contribution is 5.82. The standard InChI is InChI=1S/C24H34N4O3/c1-17(2)22(31-21-11-7-6-8-18(21)16-25)23(29)28-14-12-20(13-15-28)27-24(30)26-19-9-4-3-5-10-19/h6-8,11,17,19-20,22H,3-5,9-10,12-15H2,1-2H3,(H2,26,27,30). The largest absolute Gasteiger partial charge is 0.479 e. The zero-order chi connectivity index (χ0) is 22.2. The number of nitriles is 1. The number of piperidine rings is 1. The van der Waals surface area contributed by atoms with Gasteiger partial charge < -0.3 is 20.3 Å². The maximum absolute atomic E-state index is 13.2. The number of rotatable bonds is 6. The van der Waals surface area contributed by atoms with Crippen molar-refractivity contribution in [1.82, 2.24) is 15.5 Å². The Morgan fingerprint density at radius 3 is 2.26 bits per heavy atom. The molecule has 1 aliphatic heterocycles. The highest BCUT2D eigenvalue weighted by Crippen LogP contribution is 2.23. The number of hydrogen-bond acceptors (Lipinski definition) is 4. The lowest BCUT2D eigenvalue weighted by Crippen LogP contribution is -2.53. The predicted molar refractivity (Wildman–Crippen MR) is 119 cm³/mol. The number of urea groups is 1. The van der Waals surface area contributed by atoms with Gasteiger partial charge in [-0.3, -0.25) is 4.79 Å². The second-order valence-electron chi connectivity index (χ2n) is 8.94. The first-order chi connectivity index (χ1) is 15.0. The molecular formula is C24H34N4O3. The zero-order valence-electron chi connectivity index (χ0n) is 18.6. The van der Waals surface area contributed by atoms with Gasteiger partial charge in [0.05, 0.1) is 5.56 Å². The summed E-state index contributed by atoms with van der Waals surface area (Å²) < 4.78 is 6.00. The van der Waals surface area contributed by atoms with Crippen molar-refractivity contribution < 1.29 is 14.3 Å². The van der Waals surface area contributed by atoms with Crippen molar-refractivity contribution in [2.75, 3.05) is 13.1 Å². The molecule has 31 heavy (non-hydrogen) atoms. The van der Waals surface area contributed by atoms with Gasteiger partial charge in [0, 0.05) is 25.2 Å². The first kappa shape index (κ1) is 22.9. The van der Waals surface area contributed by atoms with Crippen LogP contribution in [0.3, 0.4) is 0 Å². The third kappa shape index (κ3) is 6.36. The Balaban J connectivity index is 1.50. The molecule has 1 aromatic rings. The van der Waals surface area contributed by atoms with Crippen LogP contribution in [-0.4, -0.2) is 48.1 Å². The maximum atomic E-state index is 13.2. The molecule has 2 N–H and O–H groups in total. The van der Waals surface area contributed by atoms with Gasteiger partial charge in [-0.15, -0.1) is 0 Å². The molecule has 168 valence electrons. The molecule has 1 atom stereocenters. The molecular weight excluding hydrogens is 392 g/mol. The van der Waals surface area contributed by atoms with Crippen LogP contribution in [0.1, 0.15) is 64.4 Å². The third-order valence-electron chi connectivity index (χ3n) is 6.19. The van der Waals surface area contributed by atoms with Crippen LogP contribution in [-0.2, 0) is 4.79 Å². The van der Waals surface area contributed by atoms with Crippen LogP contribution >= 0.6 is 0 Å². The van der Waals surface area contributed by atoms with Crippen LogP contribution < -0.4 is 15.4 Å². The highest BCUT2D eigenvalue weighted by Gasteiger charge is 2.32. The number of carbonyl (C=O) groups is 2. The van der Waals surface area contributed by atoms with Crippen LogP contribution in [0, 0.1) is 17.2 Å². The van der Waals surface area contributed by atoms with Gasteiger partial charge in [-0.1, -0.05) is 45.2 Å². The smallest absolute Gasteiger partial charge is 0.315 e. The van der Waals surface area contributed by atoms with E-state index in [-0.39, 0.29) is 29.9 Å². The first-order valence-electron chi connectivity index (χ1n) is 11.5. The number of benzene rings is 1. The topological polar surface area (TPSA) is 94.5 Å². The normalized spacial score (nSPS) is 18.8. The van der Waals surface area contributed by atoms with Crippen LogP contribution in [0.2, 0.25) is 0 Å². The van der Waals surface area contributed by atoms with Gasteiger partial charge in [0.2, 0.25) is 0 Å². The second-order valence-corrected chi connectivity index (χ2v) is 8.94. The van der Waals surface area contributed by atoms with E-state index in [1.807, 2.05) is 18.7 Å². The van der Waals surface area contributed by atoms with Gasteiger partial charge in [-0.25, -0.2) is 4.79 Å². The number of para-hydroxylation sites is 1. The molecule has 1 saturated carbocycles. The number of amides is 3. The summed E-state index contributed by atoms with van der Waals surface area (Å²) in [5, 5.41) is 15.5. The van der Waals surface area contributed by atoms with E-state index in [9.17, 15) is 14.9 Å². The molecule has 2 aliphatic rings. The molecule has 1 unspecified atom stereocenters. The van der Waals surface area contributed by atoms with E-state index in [0.717, 1.165) is 25.7 Å². The summed E-state index contributed by atoms with van der Waals surface area (Å²) in [4.78, 5) is 27.3. The van der Waals surface area contributed by atoms with Crippen LogP contribution in [0.25, 0.3) is 0 Å². The Hall–Kier alpha value is -2.75. The van der Waals surface area contributed by atoms with E-state index >= 15 is 0 Å². The number of likely N-dealkylation sites (tertiary alicyclic amines) is 1. The van der Waals surface area contributed by atoms with Crippen molar-refractivity contribution in [3.8, 4) is 11.8 Å². The van der Waals surface area contributed by atoms with E-state index < -0.39 is 6.10 Å². The van der Waals surface area contributed by atoms with Crippen molar-refractivity contribution in [2.24, 2.45) is 5.92 Å². The van der Waals surface area contributed by atoms with Gasteiger partial charge in [-0.2, -0.15) is 5.26 Å². The summed E-state index contributed by atoms with van der Waals surface area (Å²) in [6.45, 7) is 5.06. The minimum absolute atomic E-state index is 0.0311. The first-order valence-corrected chi connectivity index (χ1v) is 11.5. The van der Waals surface area contributed by atoms with Gasteiger partial charge in [-0.05, 0) is 43.7 Å². The highest BCUT2D eigenvalue weighted by atomic mass is 16.5. The van der Waals surface area contributed by atoms with Crippen molar-refractivity contribution >= 4 is 11.9 Å². The minimum Gasteiger partial charge on any atom is -0.479 e. The molecule has 3 amide bonds. The van der Waals surface area contributed by atoms with Gasteiger partial charge in [0.15, 0.2) is 6.10 Å². The fourth-order valence-corrected chi connectivity index (χ4v) is 4.35. The Bertz CT molecular complexity index is 790. The molecule has 1 saturated heterocycles. The fraction of sp³-hybridized carbons (Fsp3) is 0.625.